The van der Waals surface area contributed by atoms with Gasteiger partial charge in [-0.05, 0) is 37.1 Å². The highest BCUT2D eigenvalue weighted by Gasteiger charge is 2.24. The molecular formula is C19H29N3O2S. The molecule has 138 valence electrons. The summed E-state index contributed by atoms with van der Waals surface area (Å²) in [7, 11) is 0. The monoisotopic (exact) mass is 363 g/mol. The van der Waals surface area contributed by atoms with Crippen molar-refractivity contribution in [3.63, 3.8) is 0 Å². The summed E-state index contributed by atoms with van der Waals surface area (Å²) in [4.78, 5) is 27.1. The summed E-state index contributed by atoms with van der Waals surface area (Å²) in [6, 6.07) is 10.3. The summed E-state index contributed by atoms with van der Waals surface area (Å²) in [5.41, 5.74) is 0. The van der Waals surface area contributed by atoms with Gasteiger partial charge in [0, 0.05) is 36.5 Å². The van der Waals surface area contributed by atoms with E-state index < -0.39 is 0 Å². The fraction of sp³-hybridized carbons (Fsp3) is 0.579. The van der Waals surface area contributed by atoms with Crippen LogP contribution in [0.2, 0.25) is 0 Å². The highest BCUT2D eigenvalue weighted by atomic mass is 32.2. The Morgan fingerprint density at radius 3 is 2.52 bits per heavy atom. The minimum atomic E-state index is -0.0988. The number of nitrogens with zero attached hydrogens (tertiary/aromatic N) is 1. The number of nitrogens with one attached hydrogen (secondary N) is 2. The third-order valence-electron chi connectivity index (χ3n) is 4.25. The van der Waals surface area contributed by atoms with Crippen molar-refractivity contribution in [1.29, 1.82) is 0 Å². The number of likely N-dealkylation sites (tertiary alicyclic amines) is 1. The molecule has 1 fully saturated rings. The van der Waals surface area contributed by atoms with Crippen molar-refractivity contribution >= 4 is 23.7 Å². The Kier molecular flexibility index (Phi) is 8.12. The smallest absolute Gasteiger partial charge is 0.315 e. The lowest BCUT2D eigenvalue weighted by atomic mass is 10.0. The second kappa shape index (κ2) is 10.3. The summed E-state index contributed by atoms with van der Waals surface area (Å²) < 4.78 is 0. The van der Waals surface area contributed by atoms with Gasteiger partial charge in [-0.2, -0.15) is 0 Å². The Morgan fingerprint density at radius 1 is 1.20 bits per heavy atom. The van der Waals surface area contributed by atoms with E-state index in [2.05, 4.69) is 22.8 Å². The number of hydrogen-bond donors (Lipinski definition) is 2. The van der Waals surface area contributed by atoms with Crippen LogP contribution in [0, 0.1) is 5.92 Å². The first kappa shape index (κ1) is 19.6. The average molecular weight is 364 g/mol. The van der Waals surface area contributed by atoms with Crippen molar-refractivity contribution in [2.24, 2.45) is 5.92 Å². The molecule has 3 amide bonds. The fourth-order valence-electron chi connectivity index (χ4n) is 2.83. The largest absolute Gasteiger partial charge is 0.342 e. The van der Waals surface area contributed by atoms with Crippen molar-refractivity contribution in [2.75, 3.05) is 25.4 Å². The van der Waals surface area contributed by atoms with E-state index in [1.807, 2.05) is 36.9 Å². The highest BCUT2D eigenvalue weighted by Crippen LogP contribution is 2.17. The van der Waals surface area contributed by atoms with E-state index in [0.717, 1.165) is 38.1 Å². The van der Waals surface area contributed by atoms with E-state index in [4.69, 9.17) is 0 Å². The molecule has 0 spiro atoms. The van der Waals surface area contributed by atoms with Gasteiger partial charge < -0.3 is 15.5 Å². The quantitative estimate of drug-likeness (QED) is 0.578. The van der Waals surface area contributed by atoms with Gasteiger partial charge in [-0.15, -0.1) is 11.8 Å². The second-order valence-electron chi connectivity index (χ2n) is 6.67. The van der Waals surface area contributed by atoms with Gasteiger partial charge in [0.15, 0.2) is 0 Å². The molecule has 2 N–H and O–H groups in total. The van der Waals surface area contributed by atoms with E-state index in [1.165, 1.54) is 4.90 Å². The van der Waals surface area contributed by atoms with E-state index >= 15 is 0 Å². The number of benzene rings is 1. The maximum absolute atomic E-state index is 12.0. The molecule has 0 radical (unpaired) electrons. The van der Waals surface area contributed by atoms with Crippen molar-refractivity contribution in [3.8, 4) is 0 Å². The van der Waals surface area contributed by atoms with Gasteiger partial charge in [-0.1, -0.05) is 32.0 Å². The molecule has 0 bridgehead atoms. The van der Waals surface area contributed by atoms with Crippen LogP contribution in [0.15, 0.2) is 35.2 Å². The van der Waals surface area contributed by atoms with Crippen LogP contribution < -0.4 is 10.6 Å². The molecule has 2 rings (SSSR count). The number of piperidine rings is 1. The van der Waals surface area contributed by atoms with E-state index in [-0.39, 0.29) is 23.9 Å². The van der Waals surface area contributed by atoms with Crippen molar-refractivity contribution < 1.29 is 9.59 Å². The van der Waals surface area contributed by atoms with Crippen LogP contribution in [-0.2, 0) is 4.79 Å². The molecule has 0 atom stereocenters. The first-order valence-electron chi connectivity index (χ1n) is 9.07. The Morgan fingerprint density at radius 2 is 1.88 bits per heavy atom. The molecule has 25 heavy (non-hydrogen) atoms. The molecule has 1 aliphatic rings. The maximum atomic E-state index is 12.0. The molecular weight excluding hydrogens is 334 g/mol. The third kappa shape index (κ3) is 6.98. The van der Waals surface area contributed by atoms with E-state index in [0.29, 0.717) is 6.54 Å². The van der Waals surface area contributed by atoms with Crippen molar-refractivity contribution in [2.45, 2.75) is 44.0 Å². The molecule has 1 saturated heterocycles. The number of carbonyl (C=O) groups is 2. The summed E-state index contributed by atoms with van der Waals surface area (Å²) in [5, 5.41) is 5.95. The number of hydrogen-bond acceptors (Lipinski definition) is 3. The lowest BCUT2D eigenvalue weighted by Gasteiger charge is -2.33. The van der Waals surface area contributed by atoms with Crippen LogP contribution in [0.5, 0.6) is 0 Å². The average Bonchev–Trinajstić information content (AvgIpc) is 2.62. The van der Waals surface area contributed by atoms with E-state index in [9.17, 15) is 9.59 Å². The van der Waals surface area contributed by atoms with Crippen LogP contribution in [0.1, 0.15) is 33.1 Å². The summed E-state index contributed by atoms with van der Waals surface area (Å²) in [5.74, 6) is 1.24. The SMILES string of the molecule is CC(C)C(=O)N1CCC(NC(=O)NCCCSc2ccccc2)CC1. The minimum Gasteiger partial charge on any atom is -0.342 e. The van der Waals surface area contributed by atoms with Gasteiger partial charge in [0.1, 0.15) is 0 Å². The van der Waals surface area contributed by atoms with Crippen LogP contribution in [0.25, 0.3) is 0 Å². The topological polar surface area (TPSA) is 61.4 Å². The van der Waals surface area contributed by atoms with Gasteiger partial charge in [0.05, 0.1) is 0 Å². The fourth-order valence-corrected chi connectivity index (χ4v) is 3.70. The molecule has 6 heteroatoms. The molecule has 0 aliphatic carbocycles. The molecule has 1 heterocycles. The zero-order chi connectivity index (χ0) is 18.1. The Labute approximate surface area is 154 Å². The zero-order valence-corrected chi connectivity index (χ0v) is 16.0. The number of rotatable bonds is 7. The van der Waals surface area contributed by atoms with Gasteiger partial charge in [0.2, 0.25) is 5.91 Å². The predicted octanol–water partition coefficient (Wildman–Crippen LogP) is 3.12. The normalized spacial score (nSPS) is 15.2. The predicted molar refractivity (Wildman–Crippen MR) is 103 cm³/mol. The first-order valence-corrected chi connectivity index (χ1v) is 10.1. The van der Waals surface area contributed by atoms with Gasteiger partial charge in [-0.3, -0.25) is 4.79 Å². The molecule has 5 nitrogen and oxygen atoms in total. The van der Waals surface area contributed by atoms with Gasteiger partial charge in [-0.25, -0.2) is 4.79 Å². The highest BCUT2D eigenvalue weighted by molar-refractivity contribution is 7.99. The van der Waals surface area contributed by atoms with Crippen molar-refractivity contribution in [1.82, 2.24) is 15.5 Å². The van der Waals surface area contributed by atoms with Crippen LogP contribution in [0.3, 0.4) is 0 Å². The molecule has 1 aromatic carbocycles. The minimum absolute atomic E-state index is 0.0431. The lowest BCUT2D eigenvalue weighted by Crippen LogP contribution is -2.49. The Bertz CT molecular complexity index is 543. The van der Waals surface area contributed by atoms with Crippen molar-refractivity contribution in [3.05, 3.63) is 30.3 Å². The summed E-state index contributed by atoms with van der Waals surface area (Å²) in [6.45, 7) is 5.99. The number of thioether (sulfide) groups is 1. The second-order valence-corrected chi connectivity index (χ2v) is 7.84. The molecule has 1 aliphatic heterocycles. The molecule has 1 aromatic rings. The molecule has 0 unspecified atom stereocenters. The lowest BCUT2D eigenvalue weighted by molar-refractivity contribution is -0.135. The summed E-state index contributed by atoms with van der Waals surface area (Å²) in [6.07, 6.45) is 2.60. The summed E-state index contributed by atoms with van der Waals surface area (Å²) >= 11 is 1.80. The molecule has 0 saturated carbocycles. The number of amides is 3. The number of urea groups is 1. The zero-order valence-electron chi connectivity index (χ0n) is 15.2. The van der Waals surface area contributed by atoms with Crippen LogP contribution >= 0.6 is 11.8 Å². The number of carbonyl (C=O) groups excluding carboxylic acids is 2. The maximum Gasteiger partial charge on any atom is 0.315 e. The Balaban J connectivity index is 1.55. The standard InChI is InChI=1S/C19H29N3O2S/c1-15(2)18(23)22-12-9-16(10-13-22)21-19(24)20-11-6-14-25-17-7-4-3-5-8-17/h3-5,7-8,15-16H,6,9-14H2,1-2H3,(H2,20,21,24). The van der Waals surface area contributed by atoms with Crippen LogP contribution in [0.4, 0.5) is 4.79 Å². The van der Waals surface area contributed by atoms with Gasteiger partial charge in [0.25, 0.3) is 0 Å². The van der Waals surface area contributed by atoms with Gasteiger partial charge >= 0.3 is 6.03 Å². The molecule has 0 aromatic heterocycles. The Hall–Kier alpha value is -1.69. The first-order chi connectivity index (χ1) is 12.1. The third-order valence-corrected chi connectivity index (χ3v) is 5.35. The van der Waals surface area contributed by atoms with Crippen LogP contribution in [-0.4, -0.2) is 48.3 Å². The van der Waals surface area contributed by atoms with E-state index in [1.54, 1.807) is 11.8 Å².